The van der Waals surface area contributed by atoms with Crippen LogP contribution in [0, 0.1) is 5.82 Å². The molecule has 2 nitrogen and oxygen atoms in total. The minimum Gasteiger partial charge on any atom is -0.493 e. The maximum atomic E-state index is 13.3. The van der Waals surface area contributed by atoms with E-state index in [1.54, 1.807) is 13.0 Å². The Bertz CT molecular complexity index is 315. The van der Waals surface area contributed by atoms with E-state index in [4.69, 9.17) is 22.1 Å². The van der Waals surface area contributed by atoms with Crippen LogP contribution in [-0.4, -0.2) is 7.11 Å². The molecule has 0 aliphatic carbocycles. The van der Waals surface area contributed by atoms with E-state index in [-0.39, 0.29) is 16.8 Å². The number of hydrogen-bond donors (Lipinski definition) is 1. The van der Waals surface area contributed by atoms with Crippen molar-refractivity contribution in [2.24, 2.45) is 5.73 Å². The van der Waals surface area contributed by atoms with Crippen molar-refractivity contribution in [1.29, 1.82) is 0 Å². The highest BCUT2D eigenvalue weighted by Crippen LogP contribution is 2.31. The molecule has 1 atom stereocenters. The van der Waals surface area contributed by atoms with Crippen molar-refractivity contribution < 1.29 is 9.13 Å². The Morgan fingerprint density at radius 3 is 2.62 bits per heavy atom. The van der Waals surface area contributed by atoms with Gasteiger partial charge in [0.2, 0.25) is 0 Å². The van der Waals surface area contributed by atoms with E-state index in [1.807, 2.05) is 0 Å². The van der Waals surface area contributed by atoms with E-state index in [2.05, 4.69) is 0 Å². The van der Waals surface area contributed by atoms with Gasteiger partial charge in [0.1, 0.15) is 0 Å². The van der Waals surface area contributed by atoms with Gasteiger partial charge in [-0.2, -0.15) is 0 Å². The minimum absolute atomic E-state index is 0.0428. The van der Waals surface area contributed by atoms with Crippen LogP contribution in [0.25, 0.3) is 0 Å². The highest BCUT2D eigenvalue weighted by molar-refractivity contribution is 6.30. The van der Waals surface area contributed by atoms with Crippen molar-refractivity contribution in [3.63, 3.8) is 0 Å². The SMILES string of the molecule is COc1c(C(C)N)ccc(Cl)c1F. The van der Waals surface area contributed by atoms with Gasteiger partial charge >= 0.3 is 0 Å². The quantitative estimate of drug-likeness (QED) is 0.802. The maximum absolute atomic E-state index is 13.3. The zero-order chi connectivity index (χ0) is 10.0. The van der Waals surface area contributed by atoms with Crippen LogP contribution in [0.5, 0.6) is 5.75 Å². The third-order valence-corrected chi connectivity index (χ3v) is 2.07. The fourth-order valence-corrected chi connectivity index (χ4v) is 1.26. The van der Waals surface area contributed by atoms with Crippen molar-refractivity contribution in [3.8, 4) is 5.75 Å². The standard InChI is InChI=1S/C9H11ClFNO/c1-5(12)6-3-4-7(10)8(11)9(6)13-2/h3-5H,12H2,1-2H3. The fourth-order valence-electron chi connectivity index (χ4n) is 1.11. The third-order valence-electron chi connectivity index (χ3n) is 1.78. The Kier molecular flexibility index (Phi) is 3.12. The predicted octanol–water partition coefficient (Wildman–Crippen LogP) is 2.51. The molecular weight excluding hydrogens is 193 g/mol. The van der Waals surface area contributed by atoms with Crippen molar-refractivity contribution in [2.45, 2.75) is 13.0 Å². The first-order chi connectivity index (χ1) is 6.07. The average Bonchev–Trinajstić information content (AvgIpc) is 2.09. The minimum atomic E-state index is -0.557. The molecule has 0 radical (unpaired) electrons. The van der Waals surface area contributed by atoms with Gasteiger partial charge in [-0.15, -0.1) is 0 Å². The lowest BCUT2D eigenvalue weighted by Crippen LogP contribution is -2.08. The molecule has 72 valence electrons. The molecule has 1 rings (SSSR count). The molecular formula is C9H11ClFNO. The van der Waals surface area contributed by atoms with Crippen molar-refractivity contribution in [2.75, 3.05) is 7.11 Å². The van der Waals surface area contributed by atoms with Gasteiger partial charge in [-0.3, -0.25) is 0 Å². The van der Waals surface area contributed by atoms with Crippen LogP contribution >= 0.6 is 11.6 Å². The summed E-state index contributed by atoms with van der Waals surface area (Å²) < 4.78 is 18.2. The van der Waals surface area contributed by atoms with Gasteiger partial charge in [-0.1, -0.05) is 17.7 Å². The Balaban J connectivity index is 3.30. The summed E-state index contributed by atoms with van der Waals surface area (Å²) in [4.78, 5) is 0. The number of methoxy groups -OCH3 is 1. The molecule has 2 N–H and O–H groups in total. The van der Waals surface area contributed by atoms with Gasteiger partial charge in [0.15, 0.2) is 11.6 Å². The van der Waals surface area contributed by atoms with Crippen LogP contribution in [0.15, 0.2) is 12.1 Å². The van der Waals surface area contributed by atoms with Gasteiger partial charge in [0.05, 0.1) is 12.1 Å². The summed E-state index contributed by atoms with van der Waals surface area (Å²) >= 11 is 5.57. The molecule has 0 aliphatic rings. The van der Waals surface area contributed by atoms with Gasteiger partial charge < -0.3 is 10.5 Å². The highest BCUT2D eigenvalue weighted by Gasteiger charge is 2.14. The smallest absolute Gasteiger partial charge is 0.183 e. The molecule has 0 saturated heterocycles. The third kappa shape index (κ3) is 1.92. The van der Waals surface area contributed by atoms with Crippen molar-refractivity contribution >= 4 is 11.6 Å². The summed E-state index contributed by atoms with van der Waals surface area (Å²) in [5, 5.41) is 0.0428. The molecule has 13 heavy (non-hydrogen) atoms. The summed E-state index contributed by atoms with van der Waals surface area (Å²) in [5.74, 6) is -0.429. The Hall–Kier alpha value is -0.800. The molecule has 0 saturated carbocycles. The van der Waals surface area contributed by atoms with Crippen LogP contribution in [0.2, 0.25) is 5.02 Å². The molecule has 0 aliphatic heterocycles. The lowest BCUT2D eigenvalue weighted by molar-refractivity contribution is 0.379. The lowest BCUT2D eigenvalue weighted by Gasteiger charge is -2.12. The number of hydrogen-bond acceptors (Lipinski definition) is 2. The van der Waals surface area contributed by atoms with E-state index in [0.717, 1.165) is 0 Å². The molecule has 0 bridgehead atoms. The molecule has 1 aromatic carbocycles. The zero-order valence-electron chi connectivity index (χ0n) is 7.47. The predicted molar refractivity (Wildman–Crippen MR) is 50.6 cm³/mol. The van der Waals surface area contributed by atoms with Crippen LogP contribution < -0.4 is 10.5 Å². The first-order valence-corrected chi connectivity index (χ1v) is 4.23. The van der Waals surface area contributed by atoms with E-state index in [9.17, 15) is 4.39 Å². The normalized spacial score (nSPS) is 12.7. The zero-order valence-corrected chi connectivity index (χ0v) is 8.23. The second-order valence-electron chi connectivity index (χ2n) is 2.77. The molecule has 0 aromatic heterocycles. The summed E-state index contributed by atoms with van der Waals surface area (Å²) in [6, 6.07) is 2.86. The summed E-state index contributed by atoms with van der Waals surface area (Å²) in [7, 11) is 1.39. The Morgan fingerprint density at radius 1 is 1.54 bits per heavy atom. The molecule has 0 spiro atoms. The second kappa shape index (κ2) is 3.94. The van der Waals surface area contributed by atoms with Gasteiger partial charge in [-0.05, 0) is 13.0 Å². The van der Waals surface area contributed by atoms with Crippen LogP contribution in [0.1, 0.15) is 18.5 Å². The van der Waals surface area contributed by atoms with Crippen LogP contribution in [-0.2, 0) is 0 Å². The van der Waals surface area contributed by atoms with Crippen LogP contribution in [0.4, 0.5) is 4.39 Å². The summed E-state index contributed by atoms with van der Waals surface area (Å²) in [6.45, 7) is 1.76. The van der Waals surface area contributed by atoms with Gasteiger partial charge in [-0.25, -0.2) is 4.39 Å². The van der Waals surface area contributed by atoms with Crippen LogP contribution in [0.3, 0.4) is 0 Å². The molecule has 0 fully saturated rings. The van der Waals surface area contributed by atoms with E-state index in [0.29, 0.717) is 5.56 Å². The first kappa shape index (κ1) is 10.3. The number of rotatable bonds is 2. The Labute approximate surface area is 81.4 Å². The largest absolute Gasteiger partial charge is 0.493 e. The number of benzene rings is 1. The maximum Gasteiger partial charge on any atom is 0.183 e. The summed E-state index contributed by atoms with van der Waals surface area (Å²) in [5.41, 5.74) is 6.23. The van der Waals surface area contributed by atoms with E-state index < -0.39 is 5.82 Å². The monoisotopic (exact) mass is 203 g/mol. The fraction of sp³-hybridized carbons (Fsp3) is 0.333. The molecule has 1 aromatic rings. The van der Waals surface area contributed by atoms with Crippen molar-refractivity contribution in [3.05, 3.63) is 28.5 Å². The number of nitrogens with two attached hydrogens (primary N) is 1. The van der Waals surface area contributed by atoms with E-state index >= 15 is 0 Å². The van der Waals surface area contributed by atoms with Gasteiger partial charge in [0.25, 0.3) is 0 Å². The Morgan fingerprint density at radius 2 is 2.15 bits per heavy atom. The van der Waals surface area contributed by atoms with Gasteiger partial charge in [0, 0.05) is 11.6 Å². The molecule has 0 amide bonds. The molecule has 1 unspecified atom stereocenters. The number of ether oxygens (including phenoxy) is 1. The lowest BCUT2D eigenvalue weighted by atomic mass is 10.1. The number of halogens is 2. The van der Waals surface area contributed by atoms with Crippen molar-refractivity contribution in [1.82, 2.24) is 0 Å². The van der Waals surface area contributed by atoms with E-state index in [1.165, 1.54) is 13.2 Å². The first-order valence-electron chi connectivity index (χ1n) is 3.85. The molecule has 4 heteroatoms. The topological polar surface area (TPSA) is 35.2 Å². The average molecular weight is 204 g/mol. The second-order valence-corrected chi connectivity index (χ2v) is 3.18. The molecule has 0 heterocycles. The summed E-state index contributed by atoms with van der Waals surface area (Å²) in [6.07, 6.45) is 0. The highest BCUT2D eigenvalue weighted by atomic mass is 35.5.